The number of hydrogen-bond donors (Lipinski definition) is 5. The molecule has 15 nitrogen and oxygen atoms in total. The summed E-state index contributed by atoms with van der Waals surface area (Å²) in [4.78, 5) is 69.2. The van der Waals surface area contributed by atoms with Gasteiger partial charge in [-0.25, -0.2) is 14.6 Å². The van der Waals surface area contributed by atoms with E-state index in [0.717, 1.165) is 37.2 Å². The van der Waals surface area contributed by atoms with Crippen LogP contribution in [0.5, 0.6) is 5.75 Å². The maximum absolute atomic E-state index is 14.4. The largest absolute Gasteiger partial charge is 0.506 e. The highest BCUT2D eigenvalue weighted by atomic mass is 79.9. The number of carbonyl (C=O) groups is 4. The zero-order valence-electron chi connectivity index (χ0n) is 30.3. The van der Waals surface area contributed by atoms with Crippen LogP contribution in [0.15, 0.2) is 63.9 Å². The Labute approximate surface area is 336 Å². The molecule has 3 aromatic rings. The van der Waals surface area contributed by atoms with Gasteiger partial charge in [0.2, 0.25) is 11.8 Å². The Hall–Kier alpha value is -4.48. The molecule has 55 heavy (non-hydrogen) atoms. The first-order valence-corrected chi connectivity index (χ1v) is 20.3. The van der Waals surface area contributed by atoms with Crippen LogP contribution in [0.25, 0.3) is 0 Å². The SMILES string of the molecule is O=C1Nc2ncccc2C2(CCN(C(=O)N[C@@H](Cc3cc(Br)c(O)c(Br)c3)C(=O)N[C@H](CC3CCNCC3)C(=O)N3CCN(c4ccncc4)CC3)CC2)O1. The summed E-state index contributed by atoms with van der Waals surface area (Å²) in [6.45, 7) is 4.56. The highest BCUT2D eigenvalue weighted by Gasteiger charge is 2.46. The van der Waals surface area contributed by atoms with Crippen LogP contribution in [0.2, 0.25) is 0 Å². The number of piperidine rings is 2. The second-order valence-electron chi connectivity index (χ2n) is 14.5. The molecule has 3 fully saturated rings. The van der Waals surface area contributed by atoms with Gasteiger partial charge in [0.05, 0.1) is 8.95 Å². The number of urea groups is 1. The van der Waals surface area contributed by atoms with Gasteiger partial charge in [-0.15, -0.1) is 0 Å². The molecule has 5 amide bonds. The molecule has 1 aromatic carbocycles. The lowest BCUT2D eigenvalue weighted by Gasteiger charge is -2.43. The lowest BCUT2D eigenvalue weighted by molar-refractivity contribution is -0.137. The van der Waals surface area contributed by atoms with Gasteiger partial charge in [-0.3, -0.25) is 19.9 Å². The van der Waals surface area contributed by atoms with Crippen molar-refractivity contribution in [2.45, 2.75) is 56.2 Å². The molecule has 292 valence electrons. The molecule has 17 heteroatoms. The Bertz CT molecular complexity index is 1860. The summed E-state index contributed by atoms with van der Waals surface area (Å²) >= 11 is 6.77. The number of aromatic nitrogens is 2. The standard InChI is InChI=1S/C38H45Br2N9O6/c39-28-20-25(21-29(40)32(28)50)23-30(45-36(53)49-14-7-38(8-15-49)27-2-1-9-43-33(27)46-37(54)55-38)34(51)44-31(22-24-3-10-41-11-4-24)35(52)48-18-16-47(17-19-48)26-5-12-42-13-6-26/h1-2,5-6,9,12-13,20-21,24,30-31,41,50H,3-4,7-8,10-11,14-19,22-23H2,(H,44,51)(H,45,53)(H,43,46,54)/t30-,31+/m0/s1. The minimum absolute atomic E-state index is 0.0167. The number of rotatable bonds is 9. The van der Waals surface area contributed by atoms with Gasteiger partial charge in [-0.05, 0) is 112 Å². The van der Waals surface area contributed by atoms with Crippen molar-refractivity contribution < 1.29 is 29.0 Å². The number of likely N-dealkylation sites (tertiary alicyclic amines) is 1. The number of benzene rings is 1. The Balaban J connectivity index is 1.08. The molecule has 0 saturated carbocycles. The lowest BCUT2D eigenvalue weighted by Crippen LogP contribution is -2.59. The number of nitrogens with zero attached hydrogens (tertiary/aromatic N) is 5. The van der Waals surface area contributed by atoms with Crippen molar-refractivity contribution in [2.75, 3.05) is 62.6 Å². The smallest absolute Gasteiger partial charge is 0.413 e. The van der Waals surface area contributed by atoms with Gasteiger partial charge in [-0.2, -0.15) is 0 Å². The number of ether oxygens (including phenoxy) is 1. The third-order valence-electron chi connectivity index (χ3n) is 11.1. The molecule has 4 aliphatic rings. The van der Waals surface area contributed by atoms with Gasteiger partial charge >= 0.3 is 12.1 Å². The van der Waals surface area contributed by atoms with Crippen LogP contribution in [0.1, 0.15) is 43.2 Å². The molecule has 2 aromatic heterocycles. The molecule has 6 heterocycles. The number of carbonyl (C=O) groups excluding carboxylic acids is 4. The summed E-state index contributed by atoms with van der Waals surface area (Å²) in [5.41, 5.74) is 1.57. The van der Waals surface area contributed by atoms with E-state index in [4.69, 9.17) is 4.74 Å². The second kappa shape index (κ2) is 17.1. The quantitative estimate of drug-likeness (QED) is 0.210. The average molecular weight is 884 g/mol. The van der Waals surface area contributed by atoms with Gasteiger partial charge in [0.15, 0.2) is 0 Å². The highest BCUT2D eigenvalue weighted by Crippen LogP contribution is 2.42. The summed E-state index contributed by atoms with van der Waals surface area (Å²) in [7, 11) is 0. The van der Waals surface area contributed by atoms with Crippen molar-refractivity contribution in [3.63, 3.8) is 0 Å². The van der Waals surface area contributed by atoms with Crippen LogP contribution in [-0.2, 0) is 26.3 Å². The molecule has 5 N–H and O–H groups in total. The van der Waals surface area contributed by atoms with Crippen molar-refractivity contribution >= 4 is 67.3 Å². The van der Waals surface area contributed by atoms with E-state index in [1.54, 1.807) is 41.7 Å². The third-order valence-corrected chi connectivity index (χ3v) is 12.3. The number of pyridine rings is 2. The third kappa shape index (κ3) is 8.99. The maximum atomic E-state index is 14.4. The topological polar surface area (TPSA) is 181 Å². The molecule has 0 radical (unpaired) electrons. The first kappa shape index (κ1) is 38.8. The molecular weight excluding hydrogens is 838 g/mol. The summed E-state index contributed by atoms with van der Waals surface area (Å²) < 4.78 is 6.68. The zero-order chi connectivity index (χ0) is 38.5. The van der Waals surface area contributed by atoms with Gasteiger partial charge in [-0.1, -0.05) is 0 Å². The zero-order valence-corrected chi connectivity index (χ0v) is 33.5. The summed E-state index contributed by atoms with van der Waals surface area (Å²) in [6.07, 6.45) is 7.60. The van der Waals surface area contributed by atoms with E-state index in [-0.39, 0.29) is 37.1 Å². The van der Waals surface area contributed by atoms with Crippen LogP contribution < -0.4 is 26.2 Å². The van der Waals surface area contributed by atoms with E-state index in [2.05, 4.69) is 68.0 Å². The van der Waals surface area contributed by atoms with E-state index >= 15 is 0 Å². The Morgan fingerprint density at radius 3 is 2.31 bits per heavy atom. The van der Waals surface area contributed by atoms with Crippen LogP contribution >= 0.6 is 31.9 Å². The van der Waals surface area contributed by atoms with E-state index in [0.29, 0.717) is 65.8 Å². The van der Waals surface area contributed by atoms with Crippen LogP contribution in [0.4, 0.5) is 21.1 Å². The Kier molecular flexibility index (Phi) is 12.1. The number of anilines is 2. The van der Waals surface area contributed by atoms with E-state index in [1.807, 2.05) is 23.1 Å². The van der Waals surface area contributed by atoms with Crippen molar-refractivity contribution in [3.05, 3.63) is 75.1 Å². The predicted octanol–water partition coefficient (Wildman–Crippen LogP) is 4.10. The Morgan fingerprint density at radius 1 is 0.927 bits per heavy atom. The molecule has 3 saturated heterocycles. The molecule has 2 atom stereocenters. The number of hydrogen-bond acceptors (Lipinski definition) is 10. The minimum Gasteiger partial charge on any atom is -0.506 e. The number of piperazine rings is 1. The predicted molar refractivity (Wildman–Crippen MR) is 212 cm³/mol. The van der Waals surface area contributed by atoms with Crippen molar-refractivity contribution in [1.29, 1.82) is 0 Å². The van der Waals surface area contributed by atoms with Crippen molar-refractivity contribution in [3.8, 4) is 5.75 Å². The summed E-state index contributed by atoms with van der Waals surface area (Å²) in [5, 5.41) is 22.4. The Morgan fingerprint density at radius 2 is 1.62 bits per heavy atom. The number of amides is 5. The van der Waals surface area contributed by atoms with E-state index in [1.165, 1.54) is 0 Å². The average Bonchev–Trinajstić information content (AvgIpc) is 3.20. The number of aromatic hydroxyl groups is 1. The first-order chi connectivity index (χ1) is 26.6. The number of phenolic OH excluding ortho intramolecular Hbond substituents is 1. The maximum Gasteiger partial charge on any atom is 0.413 e. The molecule has 0 unspecified atom stereocenters. The molecule has 0 bridgehead atoms. The molecule has 1 spiro atoms. The summed E-state index contributed by atoms with van der Waals surface area (Å²) in [5.74, 6) is 0.105. The van der Waals surface area contributed by atoms with Gasteiger partial charge in [0.1, 0.15) is 29.3 Å². The fourth-order valence-electron chi connectivity index (χ4n) is 8.00. The van der Waals surface area contributed by atoms with Gasteiger partial charge in [0.25, 0.3) is 0 Å². The van der Waals surface area contributed by atoms with Crippen molar-refractivity contribution in [1.82, 2.24) is 35.7 Å². The van der Waals surface area contributed by atoms with Crippen LogP contribution in [0.3, 0.4) is 0 Å². The molecule has 0 aliphatic carbocycles. The van der Waals surface area contributed by atoms with Crippen LogP contribution in [-0.4, -0.2) is 113 Å². The fourth-order valence-corrected chi connectivity index (χ4v) is 9.28. The number of phenols is 1. The first-order valence-electron chi connectivity index (χ1n) is 18.7. The molecule has 7 rings (SSSR count). The van der Waals surface area contributed by atoms with Gasteiger partial charge in [0, 0.05) is 88.4 Å². The molecular formula is C38H45Br2N9O6. The number of fused-ring (bicyclic) bond motifs is 2. The van der Waals surface area contributed by atoms with Crippen LogP contribution in [0, 0.1) is 5.92 Å². The van der Waals surface area contributed by atoms with Crippen molar-refractivity contribution in [2.24, 2.45) is 5.92 Å². The lowest BCUT2D eigenvalue weighted by atomic mass is 9.83. The summed E-state index contributed by atoms with van der Waals surface area (Å²) in [6, 6.07) is 8.69. The number of nitrogens with one attached hydrogen (secondary N) is 4. The normalized spacial score (nSPS) is 19.5. The van der Waals surface area contributed by atoms with E-state index < -0.39 is 35.7 Å². The number of halogens is 2. The van der Waals surface area contributed by atoms with Gasteiger partial charge < -0.3 is 40.5 Å². The van der Waals surface area contributed by atoms with E-state index in [9.17, 15) is 24.3 Å². The second-order valence-corrected chi connectivity index (χ2v) is 16.2. The molecule has 4 aliphatic heterocycles. The fraction of sp³-hybridized carbons (Fsp3) is 0.474. The monoisotopic (exact) mass is 881 g/mol. The highest BCUT2D eigenvalue weighted by molar-refractivity contribution is 9.11. The minimum atomic E-state index is -1.06.